The molecule has 1 aromatic rings. The topological polar surface area (TPSA) is 73.8 Å². The summed E-state index contributed by atoms with van der Waals surface area (Å²) in [5.41, 5.74) is 0. The third-order valence-electron chi connectivity index (χ3n) is 2.96. The molecule has 0 unspecified atom stereocenters. The van der Waals surface area contributed by atoms with Gasteiger partial charge in [-0.05, 0) is 24.8 Å². The van der Waals surface area contributed by atoms with Crippen molar-refractivity contribution in [1.29, 1.82) is 0 Å². The minimum Gasteiger partial charge on any atom is -0.355 e. The van der Waals surface area contributed by atoms with Gasteiger partial charge in [-0.25, -0.2) is 13.1 Å². The zero-order chi connectivity index (χ0) is 15.7. The molecule has 1 heterocycles. The predicted molar refractivity (Wildman–Crippen MR) is 105 cm³/mol. The van der Waals surface area contributed by atoms with E-state index in [1.54, 1.807) is 25.3 Å². The second-order valence-corrected chi connectivity index (χ2v) is 7.65. The Labute approximate surface area is 154 Å². The van der Waals surface area contributed by atoms with Crippen molar-refractivity contribution in [3.05, 3.63) is 22.4 Å². The molecule has 1 aromatic heterocycles. The van der Waals surface area contributed by atoms with Gasteiger partial charge in [-0.1, -0.05) is 6.07 Å². The highest BCUT2D eigenvalue weighted by Gasteiger charge is 2.08. The number of nitrogens with zero attached hydrogens (tertiary/aromatic N) is 2. The SMILES string of the molecule is CCS(=O)(=O)NCCNC(=NC)N(C)CCc1cccs1.I. The number of halogens is 1. The number of sulfonamides is 1. The van der Waals surface area contributed by atoms with Gasteiger partial charge in [0.1, 0.15) is 0 Å². The van der Waals surface area contributed by atoms with Crippen LogP contribution in [0.25, 0.3) is 0 Å². The summed E-state index contributed by atoms with van der Waals surface area (Å²) in [5, 5.41) is 5.22. The molecule has 6 nitrogen and oxygen atoms in total. The second kappa shape index (κ2) is 11.2. The molecule has 128 valence electrons. The van der Waals surface area contributed by atoms with Crippen molar-refractivity contribution in [1.82, 2.24) is 14.9 Å². The average Bonchev–Trinajstić information content (AvgIpc) is 2.98. The van der Waals surface area contributed by atoms with Crippen LogP contribution in [0.15, 0.2) is 22.5 Å². The summed E-state index contributed by atoms with van der Waals surface area (Å²) in [6, 6.07) is 4.17. The van der Waals surface area contributed by atoms with Gasteiger partial charge < -0.3 is 10.2 Å². The van der Waals surface area contributed by atoms with Gasteiger partial charge >= 0.3 is 0 Å². The zero-order valence-corrected chi connectivity index (χ0v) is 17.2. The molecular weight excluding hydrogens is 435 g/mol. The highest BCUT2D eigenvalue weighted by atomic mass is 127. The largest absolute Gasteiger partial charge is 0.355 e. The van der Waals surface area contributed by atoms with E-state index in [4.69, 9.17) is 0 Å². The number of hydrogen-bond donors (Lipinski definition) is 2. The molecule has 1 rings (SSSR count). The number of likely N-dealkylation sites (N-methyl/N-ethyl adjacent to an activating group) is 1. The molecule has 0 spiro atoms. The van der Waals surface area contributed by atoms with E-state index in [0.29, 0.717) is 13.1 Å². The monoisotopic (exact) mass is 460 g/mol. The van der Waals surface area contributed by atoms with E-state index in [0.717, 1.165) is 18.9 Å². The standard InChI is InChI=1S/C13H24N4O2S2.HI/c1-4-21(18,19)16-9-8-15-13(14-2)17(3)10-7-12-6-5-11-20-12;/h5-6,11,16H,4,7-10H2,1-3H3,(H,14,15);1H. The van der Waals surface area contributed by atoms with Crippen molar-refractivity contribution in [2.75, 3.05) is 39.5 Å². The molecule has 0 aliphatic rings. The molecule has 0 amide bonds. The van der Waals surface area contributed by atoms with Crippen molar-refractivity contribution in [3.63, 3.8) is 0 Å². The van der Waals surface area contributed by atoms with Gasteiger partial charge in [-0.3, -0.25) is 4.99 Å². The van der Waals surface area contributed by atoms with Gasteiger partial charge in [-0.2, -0.15) is 0 Å². The highest BCUT2D eigenvalue weighted by Crippen LogP contribution is 2.09. The maximum atomic E-state index is 11.3. The minimum absolute atomic E-state index is 0. The lowest BCUT2D eigenvalue weighted by Gasteiger charge is -2.21. The summed E-state index contributed by atoms with van der Waals surface area (Å²) >= 11 is 1.75. The molecular formula is C13H25IN4O2S2. The third kappa shape index (κ3) is 8.30. The molecule has 0 saturated heterocycles. The van der Waals surface area contributed by atoms with E-state index in [-0.39, 0.29) is 29.7 Å². The van der Waals surface area contributed by atoms with Crippen LogP contribution in [0, 0.1) is 0 Å². The first-order valence-electron chi connectivity index (χ1n) is 6.90. The lowest BCUT2D eigenvalue weighted by molar-refractivity contribution is 0.486. The Morgan fingerprint density at radius 3 is 2.68 bits per heavy atom. The fourth-order valence-electron chi connectivity index (χ4n) is 1.71. The molecule has 22 heavy (non-hydrogen) atoms. The summed E-state index contributed by atoms with van der Waals surface area (Å²) in [4.78, 5) is 7.58. The average molecular weight is 460 g/mol. The van der Waals surface area contributed by atoms with Crippen LogP contribution in [0.1, 0.15) is 11.8 Å². The van der Waals surface area contributed by atoms with Crippen molar-refractivity contribution >= 4 is 51.3 Å². The van der Waals surface area contributed by atoms with E-state index in [1.807, 2.05) is 18.0 Å². The normalized spacial score (nSPS) is 11.9. The molecule has 0 radical (unpaired) electrons. The Morgan fingerprint density at radius 2 is 2.14 bits per heavy atom. The Balaban J connectivity index is 0.00000441. The highest BCUT2D eigenvalue weighted by molar-refractivity contribution is 14.0. The van der Waals surface area contributed by atoms with Crippen LogP contribution in [0.4, 0.5) is 0 Å². The fourth-order valence-corrected chi connectivity index (χ4v) is 3.02. The van der Waals surface area contributed by atoms with Crippen LogP contribution in [-0.4, -0.2) is 58.8 Å². The summed E-state index contributed by atoms with van der Waals surface area (Å²) in [7, 11) is 0.567. The quantitative estimate of drug-likeness (QED) is 0.266. The number of aliphatic imine (C=N–C) groups is 1. The first kappa shape index (κ1) is 21.6. The number of nitrogens with one attached hydrogen (secondary N) is 2. The first-order valence-corrected chi connectivity index (χ1v) is 9.43. The van der Waals surface area contributed by atoms with Crippen molar-refractivity contribution in [2.45, 2.75) is 13.3 Å². The van der Waals surface area contributed by atoms with E-state index >= 15 is 0 Å². The molecule has 0 aliphatic heterocycles. The maximum absolute atomic E-state index is 11.3. The van der Waals surface area contributed by atoms with Crippen LogP contribution < -0.4 is 10.0 Å². The maximum Gasteiger partial charge on any atom is 0.211 e. The van der Waals surface area contributed by atoms with Gasteiger partial charge in [0.2, 0.25) is 10.0 Å². The lowest BCUT2D eigenvalue weighted by Crippen LogP contribution is -2.43. The number of guanidine groups is 1. The van der Waals surface area contributed by atoms with Crippen LogP contribution in [0.5, 0.6) is 0 Å². The van der Waals surface area contributed by atoms with E-state index in [9.17, 15) is 8.42 Å². The van der Waals surface area contributed by atoms with E-state index in [1.165, 1.54) is 4.88 Å². The van der Waals surface area contributed by atoms with E-state index < -0.39 is 10.0 Å². The van der Waals surface area contributed by atoms with Gasteiger partial charge in [0.15, 0.2) is 5.96 Å². The lowest BCUT2D eigenvalue weighted by atomic mass is 10.3. The summed E-state index contributed by atoms with van der Waals surface area (Å²) in [6.45, 7) is 3.34. The molecule has 0 aliphatic carbocycles. The Kier molecular flexibility index (Phi) is 11.0. The molecule has 0 aromatic carbocycles. The Bertz CT molecular complexity index is 532. The minimum atomic E-state index is -3.13. The summed E-state index contributed by atoms with van der Waals surface area (Å²) < 4.78 is 25.1. The first-order chi connectivity index (χ1) is 9.98. The smallest absolute Gasteiger partial charge is 0.211 e. The van der Waals surface area contributed by atoms with Crippen molar-refractivity contribution < 1.29 is 8.42 Å². The van der Waals surface area contributed by atoms with Crippen LogP contribution in [0.2, 0.25) is 0 Å². The van der Waals surface area contributed by atoms with Crippen molar-refractivity contribution in [2.24, 2.45) is 4.99 Å². The van der Waals surface area contributed by atoms with E-state index in [2.05, 4.69) is 26.5 Å². The summed E-state index contributed by atoms with van der Waals surface area (Å²) in [6.07, 6.45) is 0.970. The molecule has 2 N–H and O–H groups in total. The van der Waals surface area contributed by atoms with Gasteiger partial charge in [-0.15, -0.1) is 35.3 Å². The van der Waals surface area contributed by atoms with Crippen molar-refractivity contribution in [3.8, 4) is 0 Å². The zero-order valence-electron chi connectivity index (χ0n) is 13.2. The van der Waals surface area contributed by atoms with Crippen LogP contribution in [0.3, 0.4) is 0 Å². The predicted octanol–water partition coefficient (Wildman–Crippen LogP) is 1.36. The molecule has 0 fully saturated rings. The van der Waals surface area contributed by atoms with Crippen LogP contribution in [-0.2, 0) is 16.4 Å². The number of hydrogen-bond acceptors (Lipinski definition) is 4. The number of rotatable bonds is 8. The number of thiophene rings is 1. The third-order valence-corrected chi connectivity index (χ3v) is 5.30. The molecule has 0 atom stereocenters. The summed E-state index contributed by atoms with van der Waals surface area (Å²) in [5.74, 6) is 0.866. The molecule has 9 heteroatoms. The van der Waals surface area contributed by atoms with Crippen LogP contribution >= 0.6 is 35.3 Å². The molecule has 0 bridgehead atoms. The fraction of sp³-hybridized carbons (Fsp3) is 0.615. The van der Waals surface area contributed by atoms with Gasteiger partial charge in [0, 0.05) is 38.6 Å². The molecule has 0 saturated carbocycles. The second-order valence-electron chi connectivity index (χ2n) is 4.52. The Hall–Kier alpha value is -0.390. The van der Waals surface area contributed by atoms with Gasteiger partial charge in [0.25, 0.3) is 0 Å². The Morgan fingerprint density at radius 1 is 1.41 bits per heavy atom. The van der Waals surface area contributed by atoms with Gasteiger partial charge in [0.05, 0.1) is 5.75 Å².